The fraction of sp³-hybridized carbons (Fsp3) is 0.267. The third-order valence-corrected chi connectivity index (χ3v) is 4.30. The lowest BCUT2D eigenvalue weighted by Crippen LogP contribution is -2.11. The van der Waals surface area contributed by atoms with E-state index >= 15 is 0 Å². The summed E-state index contributed by atoms with van der Waals surface area (Å²) in [5.41, 5.74) is 16.2. The van der Waals surface area contributed by atoms with E-state index in [-0.39, 0.29) is 0 Å². The summed E-state index contributed by atoms with van der Waals surface area (Å²) in [4.78, 5) is 20.0. The van der Waals surface area contributed by atoms with Gasteiger partial charge in [-0.25, -0.2) is 9.97 Å². The van der Waals surface area contributed by atoms with Crippen molar-refractivity contribution in [1.82, 2.24) is 9.97 Å². The average Bonchev–Trinajstić information content (AvgIpc) is 2.43. The molecule has 0 spiro atoms. The molecule has 0 aliphatic rings. The fourth-order valence-corrected chi connectivity index (χ4v) is 2.78. The minimum absolute atomic E-state index is 0.416. The van der Waals surface area contributed by atoms with Gasteiger partial charge in [-0.3, -0.25) is 4.79 Å². The molecule has 5 nitrogen and oxygen atoms in total. The third kappa shape index (κ3) is 3.52. The van der Waals surface area contributed by atoms with Crippen molar-refractivity contribution >= 4 is 23.4 Å². The molecule has 0 aliphatic heterocycles. The van der Waals surface area contributed by atoms with Crippen molar-refractivity contribution in [3.63, 3.8) is 0 Å². The van der Waals surface area contributed by atoms with Crippen LogP contribution in [0.5, 0.6) is 0 Å². The second-order valence-corrected chi connectivity index (χ2v) is 5.81. The van der Waals surface area contributed by atoms with Gasteiger partial charge in [0.05, 0.1) is 0 Å². The van der Waals surface area contributed by atoms with Gasteiger partial charge in [-0.1, -0.05) is 17.8 Å². The van der Waals surface area contributed by atoms with Crippen LogP contribution in [-0.2, 0) is 5.75 Å². The lowest BCUT2D eigenvalue weighted by Gasteiger charge is -2.08. The number of carbonyl (C=O) groups excluding carboxylic acids is 1. The highest BCUT2D eigenvalue weighted by Crippen LogP contribution is 2.25. The first-order chi connectivity index (χ1) is 9.88. The first-order valence-corrected chi connectivity index (χ1v) is 7.50. The van der Waals surface area contributed by atoms with Gasteiger partial charge in [-0.2, -0.15) is 0 Å². The zero-order valence-electron chi connectivity index (χ0n) is 12.3. The van der Waals surface area contributed by atoms with Crippen LogP contribution in [0.3, 0.4) is 0 Å². The molecule has 2 rings (SSSR count). The van der Waals surface area contributed by atoms with Crippen LogP contribution in [0.4, 0.5) is 5.69 Å². The Morgan fingerprint density at radius 1 is 1.19 bits per heavy atom. The smallest absolute Gasteiger partial charge is 0.248 e. The normalized spacial score (nSPS) is 10.6. The zero-order chi connectivity index (χ0) is 15.6. The molecule has 0 aliphatic carbocycles. The van der Waals surface area contributed by atoms with Crippen LogP contribution in [0.1, 0.15) is 32.9 Å². The Morgan fingerprint density at radius 3 is 2.33 bits per heavy atom. The highest BCUT2D eigenvalue weighted by atomic mass is 32.2. The van der Waals surface area contributed by atoms with E-state index < -0.39 is 5.91 Å². The molecule has 1 aromatic carbocycles. The van der Waals surface area contributed by atoms with Crippen molar-refractivity contribution in [2.75, 3.05) is 5.73 Å². The van der Waals surface area contributed by atoms with E-state index in [4.69, 9.17) is 11.5 Å². The molecule has 2 aromatic rings. The Morgan fingerprint density at radius 2 is 1.81 bits per heavy atom. The molecule has 1 heterocycles. The second kappa shape index (κ2) is 6.13. The second-order valence-electron chi connectivity index (χ2n) is 4.87. The molecular weight excluding hydrogens is 284 g/mol. The van der Waals surface area contributed by atoms with Crippen LogP contribution >= 0.6 is 11.8 Å². The van der Waals surface area contributed by atoms with Gasteiger partial charge >= 0.3 is 0 Å². The van der Waals surface area contributed by atoms with E-state index in [0.29, 0.717) is 17.0 Å². The number of nitrogens with two attached hydrogens (primary N) is 2. The summed E-state index contributed by atoms with van der Waals surface area (Å²) >= 11 is 1.52. The Hall–Kier alpha value is -2.08. The molecule has 0 fully saturated rings. The average molecular weight is 302 g/mol. The number of anilines is 1. The number of hydrogen-bond acceptors (Lipinski definition) is 5. The van der Waals surface area contributed by atoms with Crippen molar-refractivity contribution in [1.29, 1.82) is 0 Å². The van der Waals surface area contributed by atoms with Gasteiger partial charge in [0.25, 0.3) is 0 Å². The van der Waals surface area contributed by atoms with Crippen LogP contribution in [0.15, 0.2) is 23.4 Å². The topological polar surface area (TPSA) is 94.9 Å². The van der Waals surface area contributed by atoms with E-state index in [9.17, 15) is 4.79 Å². The molecule has 0 radical (unpaired) electrons. The lowest BCUT2D eigenvalue weighted by molar-refractivity contribution is 0.100. The number of aromatic nitrogens is 2. The van der Waals surface area contributed by atoms with Crippen LogP contribution in [-0.4, -0.2) is 15.9 Å². The van der Waals surface area contributed by atoms with Crippen molar-refractivity contribution in [3.8, 4) is 0 Å². The molecule has 1 aromatic heterocycles. The quantitative estimate of drug-likeness (QED) is 0.513. The summed E-state index contributed by atoms with van der Waals surface area (Å²) in [6.07, 6.45) is 0. The molecule has 0 atom stereocenters. The summed E-state index contributed by atoms with van der Waals surface area (Å²) in [5.74, 6) is 0.168. The van der Waals surface area contributed by atoms with E-state index in [0.717, 1.165) is 27.7 Å². The number of thioether (sulfide) groups is 1. The predicted molar refractivity (Wildman–Crippen MR) is 85.2 cm³/mol. The largest absolute Gasteiger partial charge is 0.398 e. The molecular formula is C15H18N4OS. The molecule has 21 heavy (non-hydrogen) atoms. The molecule has 0 bridgehead atoms. The Bertz CT molecular complexity index is 677. The van der Waals surface area contributed by atoms with E-state index in [1.807, 2.05) is 26.8 Å². The van der Waals surface area contributed by atoms with Crippen molar-refractivity contribution in [3.05, 3.63) is 46.3 Å². The Kier molecular flexibility index (Phi) is 4.47. The predicted octanol–water partition coefficient (Wildman–Crippen LogP) is 2.38. The number of rotatable bonds is 4. The Labute approximate surface area is 128 Å². The van der Waals surface area contributed by atoms with Gasteiger partial charge in [-0.15, -0.1) is 0 Å². The van der Waals surface area contributed by atoms with Gasteiger partial charge < -0.3 is 11.5 Å². The fourth-order valence-electron chi connectivity index (χ4n) is 1.83. The molecule has 1 amide bonds. The van der Waals surface area contributed by atoms with Crippen LogP contribution in [0.25, 0.3) is 0 Å². The van der Waals surface area contributed by atoms with Crippen LogP contribution < -0.4 is 11.5 Å². The summed E-state index contributed by atoms with van der Waals surface area (Å²) in [5, 5.41) is 0.731. The summed E-state index contributed by atoms with van der Waals surface area (Å²) < 4.78 is 0. The summed E-state index contributed by atoms with van der Waals surface area (Å²) in [7, 11) is 0. The summed E-state index contributed by atoms with van der Waals surface area (Å²) in [6, 6.07) is 5.10. The number of hydrogen-bond donors (Lipinski definition) is 2. The van der Waals surface area contributed by atoms with Gasteiger partial charge in [0.15, 0.2) is 5.16 Å². The number of primary amides is 1. The highest BCUT2D eigenvalue weighted by molar-refractivity contribution is 7.98. The van der Waals surface area contributed by atoms with Gasteiger partial charge in [-0.05, 0) is 44.0 Å². The number of amides is 1. The SMILES string of the molecule is Cc1nc(SCc2ccc(C(N)=O)cc2N)nc(C)c1C. The molecule has 0 saturated carbocycles. The maximum Gasteiger partial charge on any atom is 0.248 e. The van der Waals surface area contributed by atoms with E-state index in [2.05, 4.69) is 9.97 Å². The first-order valence-electron chi connectivity index (χ1n) is 6.51. The molecule has 6 heteroatoms. The number of benzene rings is 1. The van der Waals surface area contributed by atoms with Crippen LogP contribution in [0, 0.1) is 20.8 Å². The highest BCUT2D eigenvalue weighted by Gasteiger charge is 2.08. The standard InChI is InChI=1S/C15H18N4OS/c1-8-9(2)18-15(19-10(8)3)21-7-12-5-4-11(14(17)20)6-13(12)16/h4-6H,7,16H2,1-3H3,(H2,17,20). The molecule has 4 N–H and O–H groups in total. The van der Waals surface area contributed by atoms with E-state index in [1.165, 1.54) is 11.8 Å². The van der Waals surface area contributed by atoms with Gasteiger partial charge in [0.2, 0.25) is 5.91 Å². The number of nitrogens with zero attached hydrogens (tertiary/aromatic N) is 2. The minimum atomic E-state index is -0.478. The number of nitrogen functional groups attached to an aromatic ring is 1. The van der Waals surface area contributed by atoms with Gasteiger partial charge in [0, 0.05) is 28.4 Å². The monoisotopic (exact) mass is 302 g/mol. The van der Waals surface area contributed by atoms with Crippen molar-refractivity contribution < 1.29 is 4.79 Å². The van der Waals surface area contributed by atoms with Crippen molar-refractivity contribution in [2.45, 2.75) is 31.7 Å². The first kappa shape index (κ1) is 15.3. The molecule has 0 unspecified atom stereocenters. The molecule has 110 valence electrons. The maximum absolute atomic E-state index is 11.1. The zero-order valence-corrected chi connectivity index (χ0v) is 13.1. The molecule has 0 saturated heterocycles. The Balaban J connectivity index is 2.15. The van der Waals surface area contributed by atoms with Crippen LogP contribution in [0.2, 0.25) is 0 Å². The third-order valence-electron chi connectivity index (χ3n) is 3.40. The van der Waals surface area contributed by atoms with Crippen molar-refractivity contribution in [2.24, 2.45) is 5.73 Å². The minimum Gasteiger partial charge on any atom is -0.398 e. The number of carbonyl (C=O) groups is 1. The summed E-state index contributed by atoms with van der Waals surface area (Å²) in [6.45, 7) is 5.97. The van der Waals surface area contributed by atoms with E-state index in [1.54, 1.807) is 12.1 Å². The maximum atomic E-state index is 11.1. The lowest BCUT2D eigenvalue weighted by atomic mass is 10.1. The van der Waals surface area contributed by atoms with Gasteiger partial charge in [0.1, 0.15) is 0 Å². The number of aryl methyl sites for hydroxylation is 2.